The summed E-state index contributed by atoms with van der Waals surface area (Å²) >= 11 is 1.16. The van der Waals surface area contributed by atoms with Gasteiger partial charge >= 0.3 is 6.03 Å². The number of nitrogens with zero attached hydrogens (tertiary/aromatic N) is 3. The van der Waals surface area contributed by atoms with E-state index in [1.54, 1.807) is 4.90 Å². The molecule has 0 spiro atoms. The summed E-state index contributed by atoms with van der Waals surface area (Å²) in [6.07, 6.45) is 1.61. The van der Waals surface area contributed by atoms with Gasteiger partial charge in [0, 0.05) is 17.9 Å². The van der Waals surface area contributed by atoms with Gasteiger partial charge in [0.1, 0.15) is 10.8 Å². The van der Waals surface area contributed by atoms with E-state index in [0.29, 0.717) is 17.2 Å². The van der Waals surface area contributed by atoms with Gasteiger partial charge < -0.3 is 15.5 Å². The predicted molar refractivity (Wildman–Crippen MR) is 113 cm³/mol. The molecule has 2 aromatic carbocycles. The minimum atomic E-state index is -0.418. The number of aromatic nitrogens is 2. The number of likely N-dealkylation sites (tertiary alicyclic amines) is 1. The molecule has 1 aliphatic heterocycles. The summed E-state index contributed by atoms with van der Waals surface area (Å²) in [6.45, 7) is 2.60. The molecule has 0 saturated carbocycles. The maximum atomic E-state index is 13.0. The maximum Gasteiger partial charge on any atom is 0.322 e. The summed E-state index contributed by atoms with van der Waals surface area (Å²) in [7, 11) is 0. The second-order valence-electron chi connectivity index (χ2n) is 7.05. The Hall–Kier alpha value is -3.33. The molecule has 3 amide bonds. The van der Waals surface area contributed by atoms with Crippen LogP contribution in [0.2, 0.25) is 0 Å². The molecule has 154 valence electrons. The lowest BCUT2D eigenvalue weighted by Gasteiger charge is -2.23. The monoisotopic (exact) mass is 425 g/mol. The number of urea groups is 1. The predicted octanol–water partition coefficient (Wildman–Crippen LogP) is 4.61. The molecule has 0 bridgehead atoms. The number of hydrogen-bond acceptors (Lipinski definition) is 5. The highest BCUT2D eigenvalue weighted by molar-refractivity contribution is 7.13. The summed E-state index contributed by atoms with van der Waals surface area (Å²) in [5.74, 6) is -0.796. The lowest BCUT2D eigenvalue weighted by Crippen LogP contribution is -2.34. The van der Waals surface area contributed by atoms with Crippen LogP contribution in [0.4, 0.5) is 20.6 Å². The molecule has 1 aromatic heterocycles. The molecule has 30 heavy (non-hydrogen) atoms. The van der Waals surface area contributed by atoms with Gasteiger partial charge in [-0.3, -0.25) is 4.79 Å². The molecule has 3 aromatic rings. The van der Waals surface area contributed by atoms with Crippen molar-refractivity contribution in [2.24, 2.45) is 0 Å². The van der Waals surface area contributed by atoms with Crippen LogP contribution >= 0.6 is 11.3 Å². The normalized spacial score (nSPS) is 15.8. The molecule has 1 atom stereocenters. The van der Waals surface area contributed by atoms with Crippen molar-refractivity contribution in [3.05, 3.63) is 69.9 Å². The van der Waals surface area contributed by atoms with E-state index in [1.807, 2.05) is 31.2 Å². The fourth-order valence-corrected chi connectivity index (χ4v) is 4.16. The fraction of sp³-hybridized carbons (Fsp3) is 0.238. The smallest absolute Gasteiger partial charge is 0.320 e. The van der Waals surface area contributed by atoms with Crippen LogP contribution in [0.1, 0.15) is 39.3 Å². The van der Waals surface area contributed by atoms with Crippen molar-refractivity contribution in [1.82, 2.24) is 15.1 Å². The van der Waals surface area contributed by atoms with Crippen LogP contribution in [0.15, 0.2) is 48.5 Å². The van der Waals surface area contributed by atoms with Crippen LogP contribution in [-0.4, -0.2) is 33.6 Å². The minimum Gasteiger partial charge on any atom is -0.320 e. The Bertz CT molecular complexity index is 1050. The van der Waals surface area contributed by atoms with Crippen molar-refractivity contribution in [2.45, 2.75) is 25.8 Å². The van der Waals surface area contributed by atoms with Gasteiger partial charge in [0.15, 0.2) is 0 Å². The Labute approximate surface area is 176 Å². The number of carbonyl (C=O) groups excluding carboxylic acids is 2. The van der Waals surface area contributed by atoms with Gasteiger partial charge in [0.2, 0.25) is 5.01 Å². The average Bonchev–Trinajstić information content (AvgIpc) is 3.40. The zero-order chi connectivity index (χ0) is 21.1. The lowest BCUT2D eigenvalue weighted by molar-refractivity contribution is 0.102. The molecule has 1 saturated heterocycles. The van der Waals surface area contributed by atoms with Gasteiger partial charge in [0.25, 0.3) is 5.91 Å². The minimum absolute atomic E-state index is 0.195. The van der Waals surface area contributed by atoms with Gasteiger partial charge in [-0.2, -0.15) is 0 Å². The molecule has 0 aliphatic carbocycles. The number of benzene rings is 2. The van der Waals surface area contributed by atoms with Crippen molar-refractivity contribution in [1.29, 1.82) is 0 Å². The lowest BCUT2D eigenvalue weighted by atomic mass is 10.2. The third-order valence-corrected chi connectivity index (χ3v) is 5.86. The van der Waals surface area contributed by atoms with Crippen LogP contribution in [0.3, 0.4) is 0 Å². The van der Waals surface area contributed by atoms with Crippen LogP contribution in [0, 0.1) is 12.7 Å². The fourth-order valence-electron chi connectivity index (χ4n) is 3.28. The second kappa shape index (κ2) is 8.58. The zero-order valence-corrected chi connectivity index (χ0v) is 17.1. The quantitative estimate of drug-likeness (QED) is 0.639. The summed E-state index contributed by atoms with van der Waals surface area (Å²) < 4.78 is 13.0. The highest BCUT2D eigenvalue weighted by Gasteiger charge is 2.33. The molecule has 7 nitrogen and oxygen atoms in total. The van der Waals surface area contributed by atoms with E-state index in [4.69, 9.17) is 0 Å². The molecule has 0 radical (unpaired) electrons. The first-order chi connectivity index (χ1) is 14.5. The molecule has 0 unspecified atom stereocenters. The third-order valence-electron chi connectivity index (χ3n) is 4.84. The topological polar surface area (TPSA) is 87.2 Å². The standard InChI is InChI=1S/C21H20FN5O2S/c1-13-4-8-16(9-5-13)24-21(29)27-12-2-3-17(27)19-25-26-20(30-19)18(28)23-15-10-6-14(22)7-11-15/h4-11,17H,2-3,12H2,1H3,(H,23,28)(H,24,29)/t17-/m0/s1. The maximum absolute atomic E-state index is 13.0. The van der Waals surface area contributed by atoms with Crippen LogP contribution in [0.25, 0.3) is 0 Å². The molecule has 1 aliphatic rings. The number of hydrogen-bond donors (Lipinski definition) is 2. The van der Waals surface area contributed by atoms with Gasteiger partial charge in [-0.1, -0.05) is 29.0 Å². The Kier molecular flexibility index (Phi) is 5.71. The average molecular weight is 425 g/mol. The van der Waals surface area contributed by atoms with Crippen LogP contribution < -0.4 is 10.6 Å². The van der Waals surface area contributed by atoms with Crippen LogP contribution in [-0.2, 0) is 0 Å². The van der Waals surface area contributed by atoms with Crippen LogP contribution in [0.5, 0.6) is 0 Å². The first-order valence-corrected chi connectivity index (χ1v) is 10.4. The van der Waals surface area contributed by atoms with E-state index in [9.17, 15) is 14.0 Å². The van der Waals surface area contributed by atoms with E-state index < -0.39 is 5.91 Å². The zero-order valence-electron chi connectivity index (χ0n) is 16.3. The molecule has 1 fully saturated rings. The molecular weight excluding hydrogens is 405 g/mol. The number of halogens is 1. The Morgan fingerprint density at radius 1 is 1.03 bits per heavy atom. The first-order valence-electron chi connectivity index (χ1n) is 9.54. The van der Waals surface area contributed by atoms with E-state index in [0.717, 1.165) is 35.4 Å². The molecule has 2 N–H and O–H groups in total. The summed E-state index contributed by atoms with van der Waals surface area (Å²) in [6, 6.07) is 12.7. The number of aryl methyl sites for hydroxylation is 1. The van der Waals surface area contributed by atoms with Crippen molar-refractivity contribution >= 4 is 34.6 Å². The number of carbonyl (C=O) groups is 2. The third kappa shape index (κ3) is 4.46. The number of amides is 3. The number of anilines is 2. The van der Waals surface area contributed by atoms with Gasteiger partial charge in [-0.15, -0.1) is 10.2 Å². The number of rotatable bonds is 4. The molecule has 4 rings (SSSR count). The molecule has 9 heteroatoms. The van der Waals surface area contributed by atoms with E-state index in [2.05, 4.69) is 20.8 Å². The Morgan fingerprint density at radius 3 is 2.43 bits per heavy atom. The SMILES string of the molecule is Cc1ccc(NC(=O)N2CCC[C@H]2c2nnc(C(=O)Nc3ccc(F)cc3)s2)cc1. The van der Waals surface area contributed by atoms with E-state index in [1.165, 1.54) is 24.3 Å². The Morgan fingerprint density at radius 2 is 1.70 bits per heavy atom. The van der Waals surface area contributed by atoms with Crippen molar-refractivity contribution in [3.63, 3.8) is 0 Å². The Balaban J connectivity index is 1.43. The highest BCUT2D eigenvalue weighted by atomic mass is 32.1. The summed E-state index contributed by atoms with van der Waals surface area (Å²) in [4.78, 5) is 26.9. The largest absolute Gasteiger partial charge is 0.322 e. The summed E-state index contributed by atoms with van der Waals surface area (Å²) in [5, 5.41) is 14.5. The second-order valence-corrected chi connectivity index (χ2v) is 8.06. The first kappa shape index (κ1) is 20.0. The van der Waals surface area contributed by atoms with Crippen molar-refractivity contribution < 1.29 is 14.0 Å². The summed E-state index contributed by atoms with van der Waals surface area (Å²) in [5.41, 5.74) is 2.32. The van der Waals surface area contributed by atoms with Crippen molar-refractivity contribution in [3.8, 4) is 0 Å². The van der Waals surface area contributed by atoms with E-state index >= 15 is 0 Å². The molecule has 2 heterocycles. The van der Waals surface area contributed by atoms with Gasteiger partial charge in [-0.05, 0) is 56.2 Å². The van der Waals surface area contributed by atoms with Gasteiger partial charge in [-0.25, -0.2) is 9.18 Å². The molecular formula is C21H20FN5O2S. The highest BCUT2D eigenvalue weighted by Crippen LogP contribution is 2.34. The number of nitrogens with one attached hydrogen (secondary N) is 2. The van der Waals surface area contributed by atoms with Crippen molar-refractivity contribution in [2.75, 3.05) is 17.2 Å². The van der Waals surface area contributed by atoms with E-state index in [-0.39, 0.29) is 22.9 Å². The van der Waals surface area contributed by atoms with Gasteiger partial charge in [0.05, 0.1) is 6.04 Å².